The molecule has 0 spiro atoms. The fraction of sp³-hybridized carbons (Fsp3) is 0.571. The molecule has 1 fully saturated rings. The van der Waals surface area contributed by atoms with Crippen LogP contribution in [0.3, 0.4) is 0 Å². The van der Waals surface area contributed by atoms with Gasteiger partial charge in [0.2, 0.25) is 0 Å². The molecule has 0 amide bonds. The lowest BCUT2D eigenvalue weighted by atomic mass is 9.98. The second kappa shape index (κ2) is 5.41. The Bertz CT molecular complexity index is 355. The second-order valence-electron chi connectivity index (χ2n) is 5.28. The van der Waals surface area contributed by atoms with E-state index in [1.54, 1.807) is 0 Å². The van der Waals surface area contributed by atoms with Crippen LogP contribution in [0.4, 0.5) is 11.4 Å². The van der Waals surface area contributed by atoms with E-state index in [-0.39, 0.29) is 0 Å². The standard InChI is InChI=1S/C14H23N3/c1-11-6-13(15)8-14(7-11)16-9-12-4-3-5-17(2)10-12/h6-8,12,16H,3-5,9-10,15H2,1-2H3. The van der Waals surface area contributed by atoms with Crippen LogP contribution in [0.5, 0.6) is 0 Å². The molecule has 1 unspecified atom stereocenters. The molecule has 94 valence electrons. The summed E-state index contributed by atoms with van der Waals surface area (Å²) in [6.07, 6.45) is 2.65. The Labute approximate surface area is 104 Å². The minimum atomic E-state index is 0.760. The second-order valence-corrected chi connectivity index (χ2v) is 5.28. The first-order valence-electron chi connectivity index (χ1n) is 6.43. The molecule has 1 aromatic rings. The SMILES string of the molecule is Cc1cc(N)cc(NCC2CCCN(C)C2)c1. The van der Waals surface area contributed by atoms with Crippen LogP contribution in [-0.2, 0) is 0 Å². The molecule has 3 heteroatoms. The molecule has 0 aromatic heterocycles. The van der Waals surface area contributed by atoms with E-state index in [1.165, 1.54) is 31.5 Å². The molecule has 0 saturated carbocycles. The maximum Gasteiger partial charge on any atom is 0.0363 e. The summed E-state index contributed by atoms with van der Waals surface area (Å²) in [6.45, 7) is 5.57. The van der Waals surface area contributed by atoms with Crippen LogP contribution in [0.25, 0.3) is 0 Å². The van der Waals surface area contributed by atoms with Crippen LogP contribution in [-0.4, -0.2) is 31.6 Å². The average Bonchev–Trinajstić information content (AvgIpc) is 2.25. The number of nitrogens with one attached hydrogen (secondary N) is 1. The predicted molar refractivity (Wildman–Crippen MR) is 74.3 cm³/mol. The number of likely N-dealkylation sites (tertiary alicyclic amines) is 1. The van der Waals surface area contributed by atoms with Crippen molar-refractivity contribution in [3.8, 4) is 0 Å². The fourth-order valence-corrected chi connectivity index (χ4v) is 2.62. The number of anilines is 2. The Morgan fingerprint density at radius 2 is 2.24 bits per heavy atom. The fourth-order valence-electron chi connectivity index (χ4n) is 2.62. The number of piperidine rings is 1. The van der Waals surface area contributed by atoms with Crippen molar-refractivity contribution in [3.05, 3.63) is 23.8 Å². The largest absolute Gasteiger partial charge is 0.399 e. The molecule has 1 heterocycles. The molecule has 0 bridgehead atoms. The minimum absolute atomic E-state index is 0.760. The van der Waals surface area contributed by atoms with Crippen LogP contribution < -0.4 is 11.1 Å². The summed E-state index contributed by atoms with van der Waals surface area (Å²) in [7, 11) is 2.21. The summed E-state index contributed by atoms with van der Waals surface area (Å²) < 4.78 is 0. The van der Waals surface area contributed by atoms with Crippen molar-refractivity contribution in [3.63, 3.8) is 0 Å². The molecule has 0 aliphatic carbocycles. The van der Waals surface area contributed by atoms with E-state index < -0.39 is 0 Å². The highest BCUT2D eigenvalue weighted by Crippen LogP contribution is 2.19. The van der Waals surface area contributed by atoms with Gasteiger partial charge in [-0.1, -0.05) is 0 Å². The van der Waals surface area contributed by atoms with E-state index >= 15 is 0 Å². The first-order valence-corrected chi connectivity index (χ1v) is 6.43. The molecule has 0 radical (unpaired) electrons. The van der Waals surface area contributed by atoms with Gasteiger partial charge >= 0.3 is 0 Å². The highest BCUT2D eigenvalue weighted by Gasteiger charge is 2.16. The quantitative estimate of drug-likeness (QED) is 0.787. The lowest BCUT2D eigenvalue weighted by molar-refractivity contribution is 0.217. The van der Waals surface area contributed by atoms with Crippen LogP contribution in [0.1, 0.15) is 18.4 Å². The third-order valence-corrected chi connectivity index (χ3v) is 3.42. The number of nitrogen functional groups attached to an aromatic ring is 1. The van der Waals surface area contributed by atoms with Crippen LogP contribution in [0.2, 0.25) is 0 Å². The van der Waals surface area contributed by atoms with Crippen molar-refractivity contribution in [2.24, 2.45) is 5.92 Å². The molecular formula is C14H23N3. The van der Waals surface area contributed by atoms with Crippen LogP contribution in [0.15, 0.2) is 18.2 Å². The molecule has 1 aromatic carbocycles. The molecule has 17 heavy (non-hydrogen) atoms. The van der Waals surface area contributed by atoms with E-state index in [1.807, 2.05) is 12.1 Å². The third-order valence-electron chi connectivity index (χ3n) is 3.42. The normalized spacial score (nSPS) is 21.4. The van der Waals surface area contributed by atoms with Crippen molar-refractivity contribution < 1.29 is 0 Å². The number of hydrogen-bond acceptors (Lipinski definition) is 3. The molecule has 3 nitrogen and oxygen atoms in total. The molecule has 1 atom stereocenters. The first kappa shape index (κ1) is 12.2. The van der Waals surface area contributed by atoms with Gasteiger partial charge in [-0.15, -0.1) is 0 Å². The molecule has 1 saturated heterocycles. The zero-order valence-electron chi connectivity index (χ0n) is 10.9. The zero-order chi connectivity index (χ0) is 12.3. The molecule has 2 rings (SSSR count). The topological polar surface area (TPSA) is 41.3 Å². The van der Waals surface area contributed by atoms with Gasteiger partial charge in [0.15, 0.2) is 0 Å². The number of aryl methyl sites for hydroxylation is 1. The first-order chi connectivity index (χ1) is 8.13. The zero-order valence-corrected chi connectivity index (χ0v) is 10.9. The number of benzene rings is 1. The Morgan fingerprint density at radius 1 is 1.41 bits per heavy atom. The summed E-state index contributed by atoms with van der Waals surface area (Å²) >= 11 is 0. The molecule has 1 aliphatic rings. The van der Waals surface area contributed by atoms with Gasteiger partial charge in [-0.3, -0.25) is 0 Å². The van der Waals surface area contributed by atoms with Gasteiger partial charge in [0.05, 0.1) is 0 Å². The summed E-state index contributed by atoms with van der Waals surface area (Å²) in [5.41, 5.74) is 9.05. The predicted octanol–water partition coefficient (Wildman–Crippen LogP) is 2.33. The van der Waals surface area contributed by atoms with Crippen LogP contribution in [0, 0.1) is 12.8 Å². The Balaban J connectivity index is 1.88. The maximum atomic E-state index is 5.84. The number of nitrogens with two attached hydrogens (primary N) is 1. The Hall–Kier alpha value is -1.22. The van der Waals surface area contributed by atoms with E-state index in [0.29, 0.717) is 0 Å². The van der Waals surface area contributed by atoms with Crippen LogP contribution >= 0.6 is 0 Å². The highest BCUT2D eigenvalue weighted by atomic mass is 15.1. The summed E-state index contributed by atoms with van der Waals surface area (Å²) in [4.78, 5) is 2.42. The average molecular weight is 233 g/mol. The highest BCUT2D eigenvalue weighted by molar-refractivity contribution is 5.56. The number of rotatable bonds is 3. The molecule has 3 N–H and O–H groups in total. The minimum Gasteiger partial charge on any atom is -0.399 e. The van der Waals surface area contributed by atoms with Gasteiger partial charge in [0.25, 0.3) is 0 Å². The maximum absolute atomic E-state index is 5.84. The van der Waals surface area contributed by atoms with E-state index in [4.69, 9.17) is 5.73 Å². The molecular weight excluding hydrogens is 210 g/mol. The smallest absolute Gasteiger partial charge is 0.0363 e. The van der Waals surface area contributed by atoms with E-state index in [2.05, 4.69) is 30.3 Å². The van der Waals surface area contributed by atoms with Gasteiger partial charge < -0.3 is 16.0 Å². The van der Waals surface area contributed by atoms with Gasteiger partial charge in [0, 0.05) is 24.5 Å². The third kappa shape index (κ3) is 3.63. The van der Waals surface area contributed by atoms with Crippen molar-refractivity contribution >= 4 is 11.4 Å². The van der Waals surface area contributed by atoms with Gasteiger partial charge in [-0.2, -0.15) is 0 Å². The van der Waals surface area contributed by atoms with Gasteiger partial charge in [-0.25, -0.2) is 0 Å². The number of nitrogens with zero attached hydrogens (tertiary/aromatic N) is 1. The Morgan fingerprint density at radius 3 is 2.94 bits per heavy atom. The van der Waals surface area contributed by atoms with E-state index in [9.17, 15) is 0 Å². The lowest BCUT2D eigenvalue weighted by Crippen LogP contribution is -2.35. The Kier molecular flexibility index (Phi) is 3.89. The van der Waals surface area contributed by atoms with Gasteiger partial charge in [0.1, 0.15) is 0 Å². The monoisotopic (exact) mass is 233 g/mol. The van der Waals surface area contributed by atoms with Crippen molar-refractivity contribution in [2.75, 3.05) is 37.7 Å². The van der Waals surface area contributed by atoms with E-state index in [0.717, 1.165) is 23.8 Å². The van der Waals surface area contributed by atoms with Gasteiger partial charge in [-0.05, 0) is 63.0 Å². The summed E-state index contributed by atoms with van der Waals surface area (Å²) in [5.74, 6) is 0.760. The molecule has 1 aliphatic heterocycles. The number of hydrogen-bond donors (Lipinski definition) is 2. The van der Waals surface area contributed by atoms with Crippen molar-refractivity contribution in [2.45, 2.75) is 19.8 Å². The van der Waals surface area contributed by atoms with Crippen molar-refractivity contribution in [1.29, 1.82) is 0 Å². The summed E-state index contributed by atoms with van der Waals surface area (Å²) in [6, 6.07) is 6.17. The lowest BCUT2D eigenvalue weighted by Gasteiger charge is -2.30. The van der Waals surface area contributed by atoms with Crippen molar-refractivity contribution in [1.82, 2.24) is 4.90 Å². The summed E-state index contributed by atoms with van der Waals surface area (Å²) in [5, 5.41) is 3.51.